The van der Waals surface area contributed by atoms with Crippen LogP contribution in [0.3, 0.4) is 0 Å². The number of benzene rings is 2. The number of aryl methyl sites for hydroxylation is 1. The second kappa shape index (κ2) is 5.00. The van der Waals surface area contributed by atoms with Gasteiger partial charge in [0.1, 0.15) is 11.0 Å². The van der Waals surface area contributed by atoms with E-state index in [1.807, 2.05) is 13.0 Å². The monoisotopic (exact) mass is 306 g/mol. The zero-order chi connectivity index (χ0) is 14.3. The van der Waals surface area contributed by atoms with Crippen LogP contribution in [0.2, 0.25) is 10.2 Å². The predicted molar refractivity (Wildman–Crippen MR) is 79.7 cm³/mol. The van der Waals surface area contributed by atoms with E-state index in [9.17, 15) is 4.39 Å². The minimum absolute atomic E-state index is 0.226. The summed E-state index contributed by atoms with van der Waals surface area (Å²) in [6.07, 6.45) is 0. The van der Waals surface area contributed by atoms with Crippen LogP contribution in [0.4, 0.5) is 4.39 Å². The Balaban J connectivity index is 2.27. The molecule has 0 saturated carbocycles. The number of hydrogen-bond donors (Lipinski definition) is 0. The first-order valence-corrected chi connectivity index (χ1v) is 6.69. The minimum Gasteiger partial charge on any atom is -0.228 e. The zero-order valence-corrected chi connectivity index (χ0v) is 12.0. The fourth-order valence-corrected chi connectivity index (χ4v) is 2.42. The highest BCUT2D eigenvalue weighted by atomic mass is 35.5. The Hall–Kier alpha value is -1.71. The maximum absolute atomic E-state index is 13.2. The third kappa shape index (κ3) is 2.35. The van der Waals surface area contributed by atoms with Crippen molar-refractivity contribution in [3.05, 3.63) is 58.0 Å². The van der Waals surface area contributed by atoms with Crippen molar-refractivity contribution in [3.8, 4) is 11.4 Å². The summed E-state index contributed by atoms with van der Waals surface area (Å²) >= 11 is 12.1. The molecule has 0 aliphatic rings. The Bertz CT molecular complexity index is 818. The quantitative estimate of drug-likeness (QED) is 0.588. The lowest BCUT2D eigenvalue weighted by Gasteiger charge is -2.07. The first-order chi connectivity index (χ1) is 9.54. The van der Waals surface area contributed by atoms with Crippen molar-refractivity contribution in [2.45, 2.75) is 6.92 Å². The van der Waals surface area contributed by atoms with Crippen molar-refractivity contribution in [2.75, 3.05) is 0 Å². The molecule has 2 nitrogen and oxygen atoms in total. The van der Waals surface area contributed by atoms with Crippen molar-refractivity contribution in [3.63, 3.8) is 0 Å². The van der Waals surface area contributed by atoms with E-state index in [4.69, 9.17) is 23.2 Å². The molecule has 0 fully saturated rings. The summed E-state index contributed by atoms with van der Waals surface area (Å²) < 4.78 is 13.2. The highest BCUT2D eigenvalue weighted by Crippen LogP contribution is 2.28. The minimum atomic E-state index is -0.366. The normalized spacial score (nSPS) is 11.0. The van der Waals surface area contributed by atoms with Crippen LogP contribution in [0, 0.1) is 12.7 Å². The molecule has 0 atom stereocenters. The highest BCUT2D eigenvalue weighted by Gasteiger charge is 2.11. The molecule has 0 aliphatic heterocycles. The SMILES string of the molecule is Cc1ccc(Cl)cc1-c1nc(Cl)c2cc(F)ccc2n1. The lowest BCUT2D eigenvalue weighted by atomic mass is 10.1. The molecule has 1 heterocycles. The molecular formula is C15H9Cl2FN2. The third-order valence-corrected chi connectivity index (χ3v) is 3.57. The summed E-state index contributed by atoms with van der Waals surface area (Å²) in [5, 5.41) is 1.32. The molecule has 0 spiro atoms. The summed E-state index contributed by atoms with van der Waals surface area (Å²) in [5.41, 5.74) is 2.40. The molecular weight excluding hydrogens is 298 g/mol. The van der Waals surface area contributed by atoms with Gasteiger partial charge in [0.05, 0.1) is 5.52 Å². The van der Waals surface area contributed by atoms with Gasteiger partial charge in [-0.2, -0.15) is 0 Å². The molecule has 0 bridgehead atoms. The van der Waals surface area contributed by atoms with Gasteiger partial charge in [-0.15, -0.1) is 0 Å². The average molecular weight is 307 g/mol. The summed E-state index contributed by atoms with van der Waals surface area (Å²) in [5.74, 6) is 0.115. The van der Waals surface area contributed by atoms with Gasteiger partial charge >= 0.3 is 0 Å². The second-order valence-electron chi connectivity index (χ2n) is 4.46. The molecule has 0 radical (unpaired) electrons. The summed E-state index contributed by atoms with van der Waals surface area (Å²) in [6.45, 7) is 1.94. The van der Waals surface area contributed by atoms with Crippen LogP contribution in [0.5, 0.6) is 0 Å². The van der Waals surface area contributed by atoms with Gasteiger partial charge in [0.15, 0.2) is 5.82 Å². The van der Waals surface area contributed by atoms with Gasteiger partial charge in [-0.1, -0.05) is 29.3 Å². The van der Waals surface area contributed by atoms with E-state index >= 15 is 0 Å². The average Bonchev–Trinajstić information content (AvgIpc) is 2.42. The number of halogens is 3. The van der Waals surface area contributed by atoms with Gasteiger partial charge in [0, 0.05) is 16.0 Å². The summed E-state index contributed by atoms with van der Waals surface area (Å²) in [4.78, 5) is 8.67. The predicted octanol–water partition coefficient (Wildman–Crippen LogP) is 5.05. The Morgan fingerprint density at radius 3 is 2.60 bits per heavy atom. The first-order valence-electron chi connectivity index (χ1n) is 5.94. The number of fused-ring (bicyclic) bond motifs is 1. The van der Waals surface area contributed by atoms with Crippen LogP contribution in [-0.4, -0.2) is 9.97 Å². The molecule has 0 unspecified atom stereocenters. The molecule has 20 heavy (non-hydrogen) atoms. The lowest BCUT2D eigenvalue weighted by Crippen LogP contribution is -1.94. The van der Waals surface area contributed by atoms with Gasteiger partial charge in [-0.05, 0) is 42.8 Å². The Morgan fingerprint density at radius 1 is 1.00 bits per heavy atom. The molecule has 0 N–H and O–H groups in total. The number of nitrogens with zero attached hydrogens (tertiary/aromatic N) is 2. The molecule has 1 aromatic heterocycles. The van der Waals surface area contributed by atoms with Gasteiger partial charge in [0.2, 0.25) is 0 Å². The Morgan fingerprint density at radius 2 is 1.80 bits per heavy atom. The van der Waals surface area contributed by atoms with Crippen molar-refractivity contribution in [2.24, 2.45) is 0 Å². The van der Waals surface area contributed by atoms with E-state index in [1.165, 1.54) is 12.1 Å². The number of aromatic nitrogens is 2. The molecule has 0 amide bonds. The van der Waals surface area contributed by atoms with Gasteiger partial charge in [-0.3, -0.25) is 0 Å². The Kier molecular flexibility index (Phi) is 3.32. The summed E-state index contributed by atoms with van der Waals surface area (Å²) in [6, 6.07) is 9.74. The fraction of sp³-hybridized carbons (Fsp3) is 0.0667. The fourth-order valence-electron chi connectivity index (χ4n) is 2.02. The smallest absolute Gasteiger partial charge is 0.161 e. The van der Waals surface area contributed by atoms with E-state index in [0.29, 0.717) is 21.7 Å². The molecule has 0 saturated heterocycles. The molecule has 3 rings (SSSR count). The van der Waals surface area contributed by atoms with Crippen LogP contribution in [0.15, 0.2) is 36.4 Å². The van der Waals surface area contributed by atoms with Crippen molar-refractivity contribution >= 4 is 34.1 Å². The standard InChI is InChI=1S/C15H9Cl2FN2/c1-8-2-3-9(16)6-11(8)15-19-13-5-4-10(18)7-12(13)14(17)20-15/h2-7H,1H3. The van der Waals surface area contributed by atoms with Crippen molar-refractivity contribution in [1.29, 1.82) is 0 Å². The third-order valence-electron chi connectivity index (χ3n) is 3.05. The van der Waals surface area contributed by atoms with Gasteiger partial charge in [-0.25, -0.2) is 14.4 Å². The summed E-state index contributed by atoms with van der Waals surface area (Å²) in [7, 11) is 0. The maximum Gasteiger partial charge on any atom is 0.161 e. The van der Waals surface area contributed by atoms with E-state index in [0.717, 1.165) is 11.1 Å². The van der Waals surface area contributed by atoms with Crippen LogP contribution < -0.4 is 0 Å². The molecule has 2 aromatic carbocycles. The molecule has 3 aromatic rings. The van der Waals surface area contributed by atoms with Crippen LogP contribution in [-0.2, 0) is 0 Å². The second-order valence-corrected chi connectivity index (χ2v) is 5.25. The number of rotatable bonds is 1. The van der Waals surface area contributed by atoms with E-state index in [-0.39, 0.29) is 11.0 Å². The lowest BCUT2D eigenvalue weighted by molar-refractivity contribution is 0.629. The van der Waals surface area contributed by atoms with E-state index in [2.05, 4.69) is 9.97 Å². The first kappa shape index (κ1) is 13.3. The maximum atomic E-state index is 13.2. The highest BCUT2D eigenvalue weighted by molar-refractivity contribution is 6.34. The zero-order valence-electron chi connectivity index (χ0n) is 10.5. The van der Waals surface area contributed by atoms with E-state index < -0.39 is 0 Å². The van der Waals surface area contributed by atoms with Crippen molar-refractivity contribution < 1.29 is 4.39 Å². The number of hydrogen-bond acceptors (Lipinski definition) is 2. The molecule has 0 aliphatic carbocycles. The van der Waals surface area contributed by atoms with Crippen molar-refractivity contribution in [1.82, 2.24) is 9.97 Å². The molecule has 100 valence electrons. The van der Waals surface area contributed by atoms with Crippen LogP contribution in [0.1, 0.15) is 5.56 Å². The Labute approximate surface area is 125 Å². The van der Waals surface area contributed by atoms with Crippen LogP contribution >= 0.6 is 23.2 Å². The van der Waals surface area contributed by atoms with Gasteiger partial charge in [0.25, 0.3) is 0 Å². The van der Waals surface area contributed by atoms with Gasteiger partial charge < -0.3 is 0 Å². The largest absolute Gasteiger partial charge is 0.228 e. The molecule has 5 heteroatoms. The topological polar surface area (TPSA) is 25.8 Å². The van der Waals surface area contributed by atoms with Crippen LogP contribution in [0.25, 0.3) is 22.3 Å². The van der Waals surface area contributed by atoms with E-state index in [1.54, 1.807) is 18.2 Å².